The van der Waals surface area contributed by atoms with E-state index < -0.39 is 0 Å². The number of aliphatic hydroxyl groups excluding tert-OH is 1. The highest BCUT2D eigenvalue weighted by Gasteiger charge is 2.10. The van der Waals surface area contributed by atoms with Gasteiger partial charge in [0.05, 0.1) is 5.69 Å². The fourth-order valence-corrected chi connectivity index (χ4v) is 2.02. The first-order valence-corrected chi connectivity index (χ1v) is 6.41. The van der Waals surface area contributed by atoms with E-state index in [1.807, 2.05) is 12.1 Å². The van der Waals surface area contributed by atoms with E-state index in [2.05, 4.69) is 46.8 Å². The molecule has 0 radical (unpaired) electrons. The first-order chi connectivity index (χ1) is 9.20. The second kappa shape index (κ2) is 6.40. The fraction of sp³-hybridized carbons (Fsp3) is 0.462. The Morgan fingerprint density at radius 3 is 2.89 bits per heavy atom. The molecule has 0 fully saturated rings. The van der Waals surface area contributed by atoms with Crippen molar-refractivity contribution in [1.82, 2.24) is 25.5 Å². The zero-order valence-corrected chi connectivity index (χ0v) is 11.2. The topological polar surface area (TPSA) is 75.9 Å². The Bertz CT molecular complexity index is 499. The van der Waals surface area contributed by atoms with Crippen LogP contribution < -0.4 is 5.32 Å². The van der Waals surface area contributed by atoms with Crippen molar-refractivity contribution in [2.45, 2.75) is 32.4 Å². The first-order valence-electron chi connectivity index (χ1n) is 6.41. The Balaban J connectivity index is 2.10. The van der Waals surface area contributed by atoms with Crippen molar-refractivity contribution < 1.29 is 5.11 Å². The van der Waals surface area contributed by atoms with Crippen molar-refractivity contribution in [3.63, 3.8) is 0 Å². The summed E-state index contributed by atoms with van der Waals surface area (Å²) in [4.78, 5) is 0. The van der Waals surface area contributed by atoms with Crippen LogP contribution in [0.3, 0.4) is 0 Å². The highest BCUT2D eigenvalue weighted by atomic mass is 16.3. The lowest BCUT2D eigenvalue weighted by Gasteiger charge is -2.20. The van der Waals surface area contributed by atoms with E-state index in [0.717, 1.165) is 17.7 Å². The van der Waals surface area contributed by atoms with Crippen LogP contribution in [0.4, 0.5) is 0 Å². The van der Waals surface area contributed by atoms with E-state index in [1.54, 1.807) is 11.0 Å². The van der Waals surface area contributed by atoms with Crippen molar-refractivity contribution in [3.8, 4) is 5.69 Å². The van der Waals surface area contributed by atoms with Gasteiger partial charge in [0.1, 0.15) is 6.33 Å². The summed E-state index contributed by atoms with van der Waals surface area (Å²) < 4.78 is 1.63. The maximum Gasteiger partial charge on any atom is 0.143 e. The Morgan fingerprint density at radius 2 is 2.21 bits per heavy atom. The molecule has 0 aliphatic rings. The summed E-state index contributed by atoms with van der Waals surface area (Å²) in [6.07, 6.45) is 2.32. The average molecular weight is 261 g/mol. The van der Waals surface area contributed by atoms with Crippen molar-refractivity contribution in [2.75, 3.05) is 6.61 Å². The summed E-state index contributed by atoms with van der Waals surface area (Å²) in [5, 5.41) is 23.5. The normalized spacial score (nSPS) is 14.3. The average Bonchev–Trinajstić information content (AvgIpc) is 2.93. The number of tetrazole rings is 1. The maximum atomic E-state index is 8.92. The van der Waals surface area contributed by atoms with Gasteiger partial charge in [0.15, 0.2) is 0 Å². The molecule has 19 heavy (non-hydrogen) atoms. The zero-order chi connectivity index (χ0) is 13.7. The van der Waals surface area contributed by atoms with Crippen molar-refractivity contribution in [2.24, 2.45) is 0 Å². The Kier molecular flexibility index (Phi) is 4.59. The van der Waals surface area contributed by atoms with E-state index >= 15 is 0 Å². The standard InChI is InChI=1S/C13H19N5O/c1-10(6-7-19)15-11(2)12-4-3-5-13(8-12)18-9-14-16-17-18/h3-5,8-11,15,19H,6-7H2,1-2H3. The molecule has 0 spiro atoms. The minimum absolute atomic E-state index is 0.200. The highest BCUT2D eigenvalue weighted by Crippen LogP contribution is 2.17. The number of aliphatic hydroxyl groups is 1. The van der Waals surface area contributed by atoms with E-state index in [4.69, 9.17) is 5.11 Å². The van der Waals surface area contributed by atoms with Gasteiger partial charge in [-0.25, -0.2) is 4.68 Å². The van der Waals surface area contributed by atoms with Gasteiger partial charge in [0.25, 0.3) is 0 Å². The number of hydrogen-bond donors (Lipinski definition) is 2. The molecule has 1 aromatic carbocycles. The third-order valence-electron chi connectivity index (χ3n) is 3.08. The van der Waals surface area contributed by atoms with Gasteiger partial charge in [0.2, 0.25) is 0 Å². The van der Waals surface area contributed by atoms with Crippen LogP contribution in [-0.4, -0.2) is 38.0 Å². The van der Waals surface area contributed by atoms with Crippen molar-refractivity contribution in [3.05, 3.63) is 36.2 Å². The van der Waals surface area contributed by atoms with Crippen LogP contribution in [0.5, 0.6) is 0 Å². The van der Waals surface area contributed by atoms with E-state index in [9.17, 15) is 0 Å². The quantitative estimate of drug-likeness (QED) is 0.814. The third kappa shape index (κ3) is 3.59. The monoisotopic (exact) mass is 261 g/mol. The number of nitrogens with one attached hydrogen (secondary N) is 1. The summed E-state index contributed by atoms with van der Waals surface area (Å²) in [5.41, 5.74) is 2.10. The van der Waals surface area contributed by atoms with Gasteiger partial charge in [-0.2, -0.15) is 0 Å². The molecule has 2 atom stereocenters. The summed E-state index contributed by atoms with van der Waals surface area (Å²) in [5.74, 6) is 0. The molecule has 102 valence electrons. The second-order valence-corrected chi connectivity index (χ2v) is 4.65. The van der Waals surface area contributed by atoms with Gasteiger partial charge in [0, 0.05) is 18.7 Å². The van der Waals surface area contributed by atoms with Crippen LogP contribution >= 0.6 is 0 Å². The molecule has 2 N–H and O–H groups in total. The molecule has 6 heteroatoms. The largest absolute Gasteiger partial charge is 0.396 e. The van der Waals surface area contributed by atoms with Gasteiger partial charge in [-0.3, -0.25) is 0 Å². The molecule has 6 nitrogen and oxygen atoms in total. The molecule has 1 heterocycles. The SMILES string of the molecule is CC(CCO)NC(C)c1cccc(-n2cnnn2)c1. The molecule has 0 bridgehead atoms. The fourth-order valence-electron chi connectivity index (χ4n) is 2.02. The lowest BCUT2D eigenvalue weighted by molar-refractivity contribution is 0.264. The number of hydrogen-bond acceptors (Lipinski definition) is 5. The first kappa shape index (κ1) is 13.6. The molecule has 2 rings (SSSR count). The maximum absolute atomic E-state index is 8.92. The molecule has 0 saturated heterocycles. The summed E-state index contributed by atoms with van der Waals surface area (Å²) in [6.45, 7) is 4.37. The van der Waals surface area contributed by atoms with Gasteiger partial charge >= 0.3 is 0 Å². The van der Waals surface area contributed by atoms with Gasteiger partial charge in [-0.1, -0.05) is 12.1 Å². The molecule has 1 aromatic heterocycles. The molecule has 0 saturated carbocycles. The second-order valence-electron chi connectivity index (χ2n) is 4.65. The number of benzene rings is 1. The van der Waals surface area contributed by atoms with Crippen LogP contribution in [0.15, 0.2) is 30.6 Å². The smallest absolute Gasteiger partial charge is 0.143 e. The number of nitrogens with zero attached hydrogens (tertiary/aromatic N) is 4. The van der Waals surface area contributed by atoms with E-state index in [1.165, 1.54) is 0 Å². The Hall–Kier alpha value is -1.79. The van der Waals surface area contributed by atoms with Crippen molar-refractivity contribution in [1.29, 1.82) is 0 Å². The molecule has 0 amide bonds. The summed E-state index contributed by atoms with van der Waals surface area (Å²) in [6, 6.07) is 8.55. The Labute approximate surface area is 112 Å². The van der Waals surface area contributed by atoms with Gasteiger partial charge in [-0.05, 0) is 48.4 Å². The molecule has 0 aliphatic carbocycles. The predicted molar refractivity (Wildman–Crippen MR) is 71.9 cm³/mol. The molecule has 2 aromatic rings. The minimum atomic E-state index is 0.200. The third-order valence-corrected chi connectivity index (χ3v) is 3.08. The Morgan fingerprint density at radius 1 is 1.37 bits per heavy atom. The highest BCUT2D eigenvalue weighted by molar-refractivity contribution is 5.35. The number of aromatic nitrogens is 4. The molecular weight excluding hydrogens is 242 g/mol. The van der Waals surface area contributed by atoms with Crippen LogP contribution in [0.2, 0.25) is 0 Å². The lowest BCUT2D eigenvalue weighted by atomic mass is 10.1. The van der Waals surface area contributed by atoms with Crippen molar-refractivity contribution >= 4 is 0 Å². The van der Waals surface area contributed by atoms with Crippen LogP contribution in [-0.2, 0) is 0 Å². The van der Waals surface area contributed by atoms with Crippen LogP contribution in [0, 0.1) is 0 Å². The van der Waals surface area contributed by atoms with E-state index in [0.29, 0.717) is 0 Å². The van der Waals surface area contributed by atoms with Crippen LogP contribution in [0.25, 0.3) is 5.69 Å². The van der Waals surface area contributed by atoms with Crippen LogP contribution in [0.1, 0.15) is 31.9 Å². The van der Waals surface area contributed by atoms with Gasteiger partial charge in [-0.15, -0.1) is 5.10 Å². The lowest BCUT2D eigenvalue weighted by Crippen LogP contribution is -2.29. The van der Waals surface area contributed by atoms with E-state index in [-0.39, 0.29) is 18.7 Å². The molecular formula is C13H19N5O. The zero-order valence-electron chi connectivity index (χ0n) is 11.2. The summed E-state index contributed by atoms with van der Waals surface area (Å²) >= 11 is 0. The predicted octanol–water partition coefficient (Wildman–Crippen LogP) is 1.08. The summed E-state index contributed by atoms with van der Waals surface area (Å²) in [7, 11) is 0. The minimum Gasteiger partial charge on any atom is -0.396 e. The number of rotatable bonds is 6. The molecule has 0 aliphatic heterocycles. The van der Waals surface area contributed by atoms with Gasteiger partial charge < -0.3 is 10.4 Å². The molecule has 2 unspecified atom stereocenters.